The predicted molar refractivity (Wildman–Crippen MR) is 125 cm³/mol. The van der Waals surface area contributed by atoms with Gasteiger partial charge in [0.15, 0.2) is 0 Å². The molecule has 0 amide bonds. The van der Waals surface area contributed by atoms with Crippen molar-refractivity contribution in [3.05, 3.63) is 64.9 Å². The smallest absolute Gasteiger partial charge is 0.414 e. The number of nitrogens with zero attached hydrogens (tertiary/aromatic N) is 1. The number of fused-ring (bicyclic) bond motifs is 3. The third-order valence-corrected chi connectivity index (χ3v) is 6.95. The standard InChI is InChI=1S/C23H24ClNO3.C2H2O4/c1-27-20-8-9-22-21(10-20)15(14-28-22)13-25-18-6-7-19(25)12-23(26,11-18)16-2-4-17(24)5-3-16;3-1(4)2(5)6/h2-5,8-10,14,18-19,26H,6-7,11-13H2,1H3;(H,3,4)(H,5,6)/t18-,19+,23?;. The molecule has 0 spiro atoms. The number of carboxylic acids is 2. The first-order valence-electron chi connectivity index (χ1n) is 10.9. The minimum atomic E-state index is -1.82. The van der Waals surface area contributed by atoms with E-state index in [0.717, 1.165) is 54.5 Å². The molecule has 3 aromatic rings. The van der Waals surface area contributed by atoms with Gasteiger partial charge in [-0.1, -0.05) is 23.7 Å². The summed E-state index contributed by atoms with van der Waals surface area (Å²) in [6.45, 7) is 0.839. The number of aliphatic hydroxyl groups is 1. The highest BCUT2D eigenvalue weighted by atomic mass is 35.5. The average molecular weight is 488 g/mol. The molecule has 3 atom stereocenters. The third kappa shape index (κ3) is 4.89. The maximum Gasteiger partial charge on any atom is 0.414 e. The zero-order chi connectivity index (χ0) is 24.5. The maximum atomic E-state index is 11.4. The normalized spacial score (nSPS) is 23.9. The molecule has 2 aliphatic rings. The number of carboxylic acid groups (broad SMARTS) is 2. The molecule has 5 rings (SSSR count). The second-order valence-corrected chi connectivity index (χ2v) is 9.17. The van der Waals surface area contributed by atoms with Gasteiger partial charge < -0.3 is 24.5 Å². The van der Waals surface area contributed by atoms with Gasteiger partial charge in [0.1, 0.15) is 11.3 Å². The molecule has 2 fully saturated rings. The molecule has 180 valence electrons. The molecular weight excluding hydrogens is 462 g/mol. The summed E-state index contributed by atoms with van der Waals surface area (Å²) in [5.74, 6) is -2.81. The van der Waals surface area contributed by atoms with Crippen LogP contribution in [0, 0.1) is 0 Å². The fourth-order valence-corrected chi connectivity index (χ4v) is 5.20. The second-order valence-electron chi connectivity index (χ2n) is 8.74. The van der Waals surface area contributed by atoms with Gasteiger partial charge in [0.25, 0.3) is 0 Å². The van der Waals surface area contributed by atoms with Crippen LogP contribution in [0.3, 0.4) is 0 Å². The minimum absolute atomic E-state index is 0.370. The van der Waals surface area contributed by atoms with Crippen LogP contribution in [0.5, 0.6) is 5.75 Å². The fourth-order valence-electron chi connectivity index (χ4n) is 5.08. The highest BCUT2D eigenvalue weighted by Gasteiger charge is 2.48. The first kappa shape index (κ1) is 24.1. The van der Waals surface area contributed by atoms with E-state index in [1.165, 1.54) is 5.56 Å². The summed E-state index contributed by atoms with van der Waals surface area (Å²) >= 11 is 6.03. The lowest BCUT2D eigenvalue weighted by Crippen LogP contribution is -2.49. The monoisotopic (exact) mass is 487 g/mol. The number of aliphatic carboxylic acids is 2. The number of piperidine rings is 1. The Morgan fingerprint density at radius 2 is 1.71 bits per heavy atom. The fraction of sp³-hybridized carbons (Fsp3) is 0.360. The van der Waals surface area contributed by atoms with E-state index in [-0.39, 0.29) is 0 Å². The van der Waals surface area contributed by atoms with Crippen LogP contribution in [-0.4, -0.2) is 51.4 Å². The molecule has 1 unspecified atom stereocenters. The van der Waals surface area contributed by atoms with E-state index < -0.39 is 17.5 Å². The van der Waals surface area contributed by atoms with Crippen molar-refractivity contribution in [1.82, 2.24) is 4.90 Å². The summed E-state index contributed by atoms with van der Waals surface area (Å²) in [5, 5.41) is 28.0. The topological polar surface area (TPSA) is 120 Å². The van der Waals surface area contributed by atoms with E-state index in [0.29, 0.717) is 17.1 Å². The molecule has 0 aliphatic carbocycles. The van der Waals surface area contributed by atoms with Crippen LogP contribution in [0.25, 0.3) is 11.0 Å². The predicted octanol–water partition coefficient (Wildman–Crippen LogP) is 4.27. The number of benzene rings is 2. The number of ether oxygens (including phenoxy) is 1. The summed E-state index contributed by atoms with van der Waals surface area (Å²) < 4.78 is 11.1. The summed E-state index contributed by atoms with van der Waals surface area (Å²) in [6.07, 6.45) is 5.62. The van der Waals surface area contributed by atoms with E-state index >= 15 is 0 Å². The van der Waals surface area contributed by atoms with Crippen molar-refractivity contribution in [2.75, 3.05) is 7.11 Å². The number of carbonyl (C=O) groups is 2. The van der Waals surface area contributed by atoms with Gasteiger partial charge in [-0.05, 0) is 61.6 Å². The Morgan fingerprint density at radius 3 is 2.26 bits per heavy atom. The largest absolute Gasteiger partial charge is 0.497 e. The molecule has 2 saturated heterocycles. The lowest BCUT2D eigenvalue weighted by Gasteiger charge is -2.44. The molecule has 9 heteroatoms. The van der Waals surface area contributed by atoms with Crippen molar-refractivity contribution < 1.29 is 34.1 Å². The van der Waals surface area contributed by atoms with Gasteiger partial charge in [0, 0.05) is 34.6 Å². The van der Waals surface area contributed by atoms with Crippen molar-refractivity contribution in [3.63, 3.8) is 0 Å². The van der Waals surface area contributed by atoms with Crippen LogP contribution < -0.4 is 4.74 Å². The number of methoxy groups -OCH3 is 1. The number of rotatable bonds is 4. The zero-order valence-electron chi connectivity index (χ0n) is 18.6. The van der Waals surface area contributed by atoms with Gasteiger partial charge in [-0.2, -0.15) is 0 Å². The van der Waals surface area contributed by atoms with Crippen LogP contribution in [0.2, 0.25) is 5.02 Å². The lowest BCUT2D eigenvalue weighted by atomic mass is 9.80. The summed E-state index contributed by atoms with van der Waals surface area (Å²) in [6, 6.07) is 14.3. The van der Waals surface area contributed by atoms with Crippen LogP contribution in [0.1, 0.15) is 36.8 Å². The van der Waals surface area contributed by atoms with Gasteiger partial charge in [-0.3, -0.25) is 4.90 Å². The quantitative estimate of drug-likeness (QED) is 0.467. The Hall–Kier alpha value is -3.07. The van der Waals surface area contributed by atoms with E-state index in [1.54, 1.807) is 7.11 Å². The van der Waals surface area contributed by atoms with Gasteiger partial charge >= 0.3 is 11.9 Å². The summed E-state index contributed by atoms with van der Waals surface area (Å²) in [5.41, 5.74) is 2.28. The van der Waals surface area contributed by atoms with Gasteiger partial charge in [-0.25, -0.2) is 9.59 Å². The van der Waals surface area contributed by atoms with Crippen molar-refractivity contribution in [3.8, 4) is 5.75 Å². The van der Waals surface area contributed by atoms with Crippen LogP contribution in [0.4, 0.5) is 0 Å². The van der Waals surface area contributed by atoms with Crippen molar-refractivity contribution in [1.29, 1.82) is 0 Å². The number of hydrogen-bond acceptors (Lipinski definition) is 6. The van der Waals surface area contributed by atoms with Gasteiger partial charge in [-0.15, -0.1) is 0 Å². The molecule has 3 heterocycles. The van der Waals surface area contributed by atoms with Crippen molar-refractivity contribution in [2.45, 2.75) is 49.9 Å². The molecule has 3 N–H and O–H groups in total. The molecule has 34 heavy (non-hydrogen) atoms. The molecule has 2 bridgehead atoms. The van der Waals surface area contributed by atoms with Crippen LogP contribution in [-0.2, 0) is 21.7 Å². The van der Waals surface area contributed by atoms with Crippen molar-refractivity contribution >= 4 is 34.5 Å². The van der Waals surface area contributed by atoms with Crippen molar-refractivity contribution in [2.24, 2.45) is 0 Å². The number of halogens is 1. The second kappa shape index (κ2) is 9.66. The SMILES string of the molecule is COc1ccc2occ(CN3[C@@H]4CC[C@H]3CC(O)(c3ccc(Cl)cc3)C4)c2c1.O=C(O)C(=O)O. The van der Waals surface area contributed by atoms with Gasteiger partial charge in [0.05, 0.1) is 19.0 Å². The average Bonchev–Trinajstić information content (AvgIpc) is 3.32. The number of furan rings is 1. The Morgan fingerprint density at radius 1 is 1.09 bits per heavy atom. The molecule has 8 nitrogen and oxygen atoms in total. The molecular formula is C25H26ClNO7. The van der Waals surface area contributed by atoms with E-state index in [4.69, 9.17) is 40.6 Å². The Kier molecular flexibility index (Phi) is 6.84. The van der Waals surface area contributed by atoms with E-state index in [9.17, 15) is 5.11 Å². The number of hydrogen-bond donors (Lipinski definition) is 3. The summed E-state index contributed by atoms with van der Waals surface area (Å²) in [4.78, 5) is 20.7. The Balaban J connectivity index is 0.000000408. The summed E-state index contributed by atoms with van der Waals surface area (Å²) in [7, 11) is 1.68. The van der Waals surface area contributed by atoms with E-state index in [1.807, 2.05) is 48.7 Å². The maximum absolute atomic E-state index is 11.4. The highest BCUT2D eigenvalue weighted by molar-refractivity contribution is 6.30. The molecule has 1 aromatic heterocycles. The lowest BCUT2D eigenvalue weighted by molar-refractivity contribution is -0.159. The molecule has 2 aromatic carbocycles. The minimum Gasteiger partial charge on any atom is -0.497 e. The zero-order valence-corrected chi connectivity index (χ0v) is 19.4. The first-order valence-corrected chi connectivity index (χ1v) is 11.3. The van der Waals surface area contributed by atoms with Crippen LogP contribution >= 0.6 is 11.6 Å². The van der Waals surface area contributed by atoms with Gasteiger partial charge in [0.2, 0.25) is 0 Å². The first-order chi connectivity index (χ1) is 16.2. The highest BCUT2D eigenvalue weighted by Crippen LogP contribution is 2.46. The Labute approximate surface area is 201 Å². The van der Waals surface area contributed by atoms with Crippen LogP contribution in [0.15, 0.2) is 53.1 Å². The molecule has 0 radical (unpaired) electrons. The molecule has 2 aliphatic heterocycles. The molecule has 0 saturated carbocycles. The third-order valence-electron chi connectivity index (χ3n) is 6.70. The Bertz CT molecular complexity index is 1160. The van der Waals surface area contributed by atoms with E-state index in [2.05, 4.69) is 4.90 Å².